The molecular weight excluding hydrogens is 222 g/mol. The monoisotopic (exact) mass is 239 g/mol. The second kappa shape index (κ2) is 4.99. The molecule has 1 aromatic heterocycles. The highest BCUT2D eigenvalue weighted by atomic mass is 16.4. The number of aliphatic carboxylic acids is 1. The number of hydrogen-bond acceptors (Lipinski definition) is 3. The minimum absolute atomic E-state index is 0.177. The molecule has 0 saturated heterocycles. The van der Waals surface area contributed by atoms with E-state index in [-0.39, 0.29) is 5.92 Å². The first-order valence-corrected chi connectivity index (χ1v) is 5.39. The number of rotatable bonds is 4. The predicted octanol–water partition coefficient (Wildman–Crippen LogP) is 0.866. The zero-order valence-electron chi connectivity index (χ0n) is 10.4. The minimum atomic E-state index is -1.04. The molecule has 94 valence electrons. The summed E-state index contributed by atoms with van der Waals surface area (Å²) in [6.07, 6.45) is 0. The Bertz CT molecular complexity index is 418. The third-order valence-electron chi connectivity index (χ3n) is 2.57. The first kappa shape index (κ1) is 13.2. The van der Waals surface area contributed by atoms with Crippen LogP contribution in [0.4, 0.5) is 0 Å². The number of carboxylic acid groups (broad SMARTS) is 1. The van der Waals surface area contributed by atoms with E-state index in [0.29, 0.717) is 17.0 Å². The smallest absolute Gasteiger partial charge is 0.326 e. The zero-order valence-corrected chi connectivity index (χ0v) is 10.4. The quantitative estimate of drug-likeness (QED) is 0.726. The summed E-state index contributed by atoms with van der Waals surface area (Å²) >= 11 is 0. The molecule has 3 N–H and O–H groups in total. The standard InChI is InChI=1S/C11H17N3O3/c1-5(2)9(11(16)17)12-10(15)8-6(3)13-14-7(8)4/h5,9H,1-4H3,(H,12,15)(H,13,14)(H,16,17)/t9-/m0/s1. The summed E-state index contributed by atoms with van der Waals surface area (Å²) in [5, 5.41) is 18.1. The Hall–Kier alpha value is -1.85. The van der Waals surface area contributed by atoms with Gasteiger partial charge in [0.15, 0.2) is 0 Å². The Morgan fingerprint density at radius 2 is 1.94 bits per heavy atom. The number of nitrogens with zero attached hydrogens (tertiary/aromatic N) is 1. The topological polar surface area (TPSA) is 95.1 Å². The van der Waals surface area contributed by atoms with Gasteiger partial charge >= 0.3 is 5.97 Å². The van der Waals surface area contributed by atoms with Gasteiger partial charge in [0.05, 0.1) is 11.3 Å². The highest BCUT2D eigenvalue weighted by Crippen LogP contribution is 2.10. The molecule has 0 bridgehead atoms. The van der Waals surface area contributed by atoms with Crippen molar-refractivity contribution in [3.05, 3.63) is 17.0 Å². The van der Waals surface area contributed by atoms with E-state index in [4.69, 9.17) is 5.11 Å². The van der Waals surface area contributed by atoms with Crippen LogP contribution < -0.4 is 5.32 Å². The molecule has 1 atom stereocenters. The minimum Gasteiger partial charge on any atom is -0.480 e. The molecule has 0 aliphatic heterocycles. The van der Waals surface area contributed by atoms with E-state index in [1.165, 1.54) is 0 Å². The average Bonchev–Trinajstić information content (AvgIpc) is 2.53. The largest absolute Gasteiger partial charge is 0.480 e. The van der Waals surface area contributed by atoms with Crippen LogP contribution in [0.25, 0.3) is 0 Å². The van der Waals surface area contributed by atoms with Crippen molar-refractivity contribution in [2.75, 3.05) is 0 Å². The normalized spacial score (nSPS) is 12.5. The van der Waals surface area contributed by atoms with Crippen molar-refractivity contribution in [3.8, 4) is 0 Å². The van der Waals surface area contributed by atoms with Gasteiger partial charge < -0.3 is 10.4 Å². The molecule has 6 heteroatoms. The molecule has 0 unspecified atom stereocenters. The van der Waals surface area contributed by atoms with Crippen molar-refractivity contribution in [1.82, 2.24) is 15.5 Å². The van der Waals surface area contributed by atoms with Crippen molar-refractivity contribution in [3.63, 3.8) is 0 Å². The molecule has 0 aliphatic carbocycles. The number of amides is 1. The van der Waals surface area contributed by atoms with Crippen molar-refractivity contribution in [2.24, 2.45) is 5.92 Å². The number of aromatic amines is 1. The number of carbonyl (C=O) groups excluding carboxylic acids is 1. The molecule has 6 nitrogen and oxygen atoms in total. The SMILES string of the molecule is Cc1n[nH]c(C)c1C(=O)N[C@H](C(=O)O)C(C)C. The van der Waals surface area contributed by atoms with Gasteiger partial charge in [-0.1, -0.05) is 13.8 Å². The second-order valence-corrected chi connectivity index (χ2v) is 4.34. The predicted molar refractivity (Wildman–Crippen MR) is 61.8 cm³/mol. The van der Waals surface area contributed by atoms with Gasteiger partial charge in [-0.05, 0) is 19.8 Å². The summed E-state index contributed by atoms with van der Waals surface area (Å²) < 4.78 is 0. The molecule has 0 spiro atoms. The fourth-order valence-corrected chi connectivity index (χ4v) is 1.61. The van der Waals surface area contributed by atoms with Crippen molar-refractivity contribution in [1.29, 1.82) is 0 Å². The lowest BCUT2D eigenvalue weighted by molar-refractivity contribution is -0.140. The Kier molecular flexibility index (Phi) is 3.88. The summed E-state index contributed by atoms with van der Waals surface area (Å²) in [5.74, 6) is -1.62. The third kappa shape index (κ3) is 2.83. The van der Waals surface area contributed by atoms with Gasteiger partial charge in [-0.25, -0.2) is 4.79 Å². The van der Waals surface area contributed by atoms with Gasteiger partial charge in [0.25, 0.3) is 5.91 Å². The van der Waals surface area contributed by atoms with E-state index in [1.807, 2.05) is 0 Å². The number of aryl methyl sites for hydroxylation is 2. The average molecular weight is 239 g/mol. The van der Waals surface area contributed by atoms with Crippen LogP contribution in [0.1, 0.15) is 35.6 Å². The van der Waals surface area contributed by atoms with E-state index < -0.39 is 17.9 Å². The molecule has 1 heterocycles. The molecule has 0 aromatic carbocycles. The van der Waals surface area contributed by atoms with Gasteiger partial charge in [0, 0.05) is 5.69 Å². The van der Waals surface area contributed by atoms with Gasteiger partial charge in [0.1, 0.15) is 6.04 Å². The van der Waals surface area contributed by atoms with E-state index in [1.54, 1.807) is 27.7 Å². The summed E-state index contributed by atoms with van der Waals surface area (Å²) in [4.78, 5) is 22.9. The third-order valence-corrected chi connectivity index (χ3v) is 2.57. The number of H-pyrrole nitrogens is 1. The first-order valence-electron chi connectivity index (χ1n) is 5.39. The summed E-state index contributed by atoms with van der Waals surface area (Å²) in [7, 11) is 0. The Morgan fingerprint density at radius 3 is 2.29 bits per heavy atom. The fraction of sp³-hybridized carbons (Fsp3) is 0.545. The van der Waals surface area contributed by atoms with E-state index >= 15 is 0 Å². The van der Waals surface area contributed by atoms with E-state index in [9.17, 15) is 9.59 Å². The molecule has 1 aromatic rings. The van der Waals surface area contributed by atoms with Crippen molar-refractivity contribution < 1.29 is 14.7 Å². The van der Waals surface area contributed by atoms with Gasteiger partial charge in [-0.2, -0.15) is 5.10 Å². The maximum atomic E-state index is 11.9. The van der Waals surface area contributed by atoms with Crippen molar-refractivity contribution >= 4 is 11.9 Å². The van der Waals surface area contributed by atoms with E-state index in [0.717, 1.165) is 0 Å². The van der Waals surface area contributed by atoms with E-state index in [2.05, 4.69) is 15.5 Å². The lowest BCUT2D eigenvalue weighted by atomic mass is 10.0. The zero-order chi connectivity index (χ0) is 13.2. The van der Waals surface area contributed by atoms with Crippen LogP contribution >= 0.6 is 0 Å². The molecule has 0 aliphatic rings. The second-order valence-electron chi connectivity index (χ2n) is 4.34. The highest BCUT2D eigenvalue weighted by molar-refractivity contribution is 5.98. The molecule has 1 amide bonds. The maximum absolute atomic E-state index is 11.9. The molecular formula is C11H17N3O3. The summed E-state index contributed by atoms with van der Waals surface area (Å²) in [6.45, 7) is 6.91. The maximum Gasteiger partial charge on any atom is 0.326 e. The summed E-state index contributed by atoms with van der Waals surface area (Å²) in [6, 6.07) is -0.892. The number of nitrogens with one attached hydrogen (secondary N) is 2. The molecule has 0 fully saturated rings. The first-order chi connectivity index (χ1) is 7.84. The molecule has 17 heavy (non-hydrogen) atoms. The molecule has 0 saturated carbocycles. The highest BCUT2D eigenvalue weighted by Gasteiger charge is 2.25. The van der Waals surface area contributed by atoms with Crippen LogP contribution in [-0.4, -0.2) is 33.2 Å². The number of carbonyl (C=O) groups is 2. The van der Waals surface area contributed by atoms with Gasteiger partial charge in [-0.3, -0.25) is 9.89 Å². The van der Waals surface area contributed by atoms with Gasteiger partial charge in [-0.15, -0.1) is 0 Å². The number of aromatic nitrogens is 2. The van der Waals surface area contributed by atoms with Crippen molar-refractivity contribution in [2.45, 2.75) is 33.7 Å². The van der Waals surface area contributed by atoms with Crippen LogP contribution in [0.15, 0.2) is 0 Å². The van der Waals surface area contributed by atoms with Crippen LogP contribution in [-0.2, 0) is 4.79 Å². The Morgan fingerprint density at radius 1 is 1.35 bits per heavy atom. The number of carboxylic acids is 1. The lowest BCUT2D eigenvalue weighted by Gasteiger charge is -2.17. The van der Waals surface area contributed by atoms with Gasteiger partial charge in [0.2, 0.25) is 0 Å². The summed E-state index contributed by atoms with van der Waals surface area (Å²) in [5.41, 5.74) is 1.61. The fourth-order valence-electron chi connectivity index (χ4n) is 1.61. The van der Waals surface area contributed by atoms with Crippen LogP contribution in [0.2, 0.25) is 0 Å². The van der Waals surface area contributed by atoms with Crippen LogP contribution in [0.5, 0.6) is 0 Å². The Labute approximate surface area is 99.4 Å². The lowest BCUT2D eigenvalue weighted by Crippen LogP contribution is -2.44. The van der Waals surface area contributed by atoms with Crippen LogP contribution in [0.3, 0.4) is 0 Å². The molecule has 1 rings (SSSR count). The van der Waals surface area contributed by atoms with Crippen LogP contribution in [0, 0.1) is 19.8 Å². The number of hydrogen-bond donors (Lipinski definition) is 3. The molecule has 0 radical (unpaired) electrons. The Balaban J connectivity index is 2.89.